The van der Waals surface area contributed by atoms with E-state index in [1.54, 1.807) is 12.0 Å². The van der Waals surface area contributed by atoms with Gasteiger partial charge in [0.15, 0.2) is 11.5 Å². The Bertz CT molecular complexity index is 763. The molecule has 2 amide bonds. The third kappa shape index (κ3) is 4.33. The SMILES string of the molecule is COC[C@H](C)N1C[C@@H](C(=O)N2CCN(Cc3ccc4c(c3)OCO4)CC2)CC1=O. The van der Waals surface area contributed by atoms with Gasteiger partial charge in [-0.25, -0.2) is 0 Å². The van der Waals surface area contributed by atoms with E-state index in [2.05, 4.69) is 11.0 Å². The first kappa shape index (κ1) is 20.0. The molecule has 2 saturated heterocycles. The summed E-state index contributed by atoms with van der Waals surface area (Å²) < 4.78 is 16.0. The monoisotopic (exact) mass is 403 g/mol. The number of likely N-dealkylation sites (tertiary alicyclic amines) is 1. The summed E-state index contributed by atoms with van der Waals surface area (Å²) in [7, 11) is 1.63. The van der Waals surface area contributed by atoms with Crippen molar-refractivity contribution in [2.75, 3.05) is 53.2 Å². The number of methoxy groups -OCH3 is 1. The smallest absolute Gasteiger partial charge is 0.231 e. The highest BCUT2D eigenvalue weighted by molar-refractivity contribution is 5.89. The van der Waals surface area contributed by atoms with Crippen LogP contribution in [0, 0.1) is 5.92 Å². The number of rotatable bonds is 6. The number of fused-ring (bicyclic) bond motifs is 1. The lowest BCUT2D eigenvalue weighted by atomic mass is 10.1. The van der Waals surface area contributed by atoms with Gasteiger partial charge < -0.3 is 24.0 Å². The Kier molecular flexibility index (Phi) is 5.91. The summed E-state index contributed by atoms with van der Waals surface area (Å²) in [6, 6.07) is 6.04. The number of carbonyl (C=O) groups excluding carboxylic acids is 2. The van der Waals surface area contributed by atoms with Gasteiger partial charge in [-0.1, -0.05) is 6.07 Å². The molecule has 0 unspecified atom stereocenters. The third-order valence-electron chi connectivity index (χ3n) is 5.97. The second-order valence-electron chi connectivity index (χ2n) is 8.04. The molecule has 2 atom stereocenters. The van der Waals surface area contributed by atoms with Crippen LogP contribution in [0.1, 0.15) is 18.9 Å². The number of amides is 2. The molecule has 3 aliphatic heterocycles. The molecule has 1 aromatic carbocycles. The van der Waals surface area contributed by atoms with E-state index in [0.717, 1.165) is 31.1 Å². The Labute approximate surface area is 171 Å². The van der Waals surface area contributed by atoms with E-state index in [9.17, 15) is 9.59 Å². The van der Waals surface area contributed by atoms with Crippen LogP contribution in [0.25, 0.3) is 0 Å². The fourth-order valence-corrected chi connectivity index (χ4v) is 4.34. The van der Waals surface area contributed by atoms with E-state index in [1.807, 2.05) is 24.0 Å². The van der Waals surface area contributed by atoms with Gasteiger partial charge in [0.25, 0.3) is 0 Å². The minimum absolute atomic E-state index is 0.00356. The lowest BCUT2D eigenvalue weighted by molar-refractivity contribution is -0.137. The first-order valence-corrected chi connectivity index (χ1v) is 10.2. The molecule has 8 heteroatoms. The highest BCUT2D eigenvalue weighted by atomic mass is 16.7. The fraction of sp³-hybridized carbons (Fsp3) is 0.619. The Hall–Kier alpha value is -2.32. The van der Waals surface area contributed by atoms with Crippen LogP contribution in [0.5, 0.6) is 11.5 Å². The molecule has 3 aliphatic rings. The lowest BCUT2D eigenvalue weighted by Crippen LogP contribution is -2.50. The van der Waals surface area contributed by atoms with Crippen molar-refractivity contribution in [2.24, 2.45) is 5.92 Å². The third-order valence-corrected chi connectivity index (χ3v) is 5.97. The number of benzene rings is 1. The van der Waals surface area contributed by atoms with Crippen LogP contribution in [-0.4, -0.2) is 85.8 Å². The van der Waals surface area contributed by atoms with Gasteiger partial charge in [0.1, 0.15) is 0 Å². The second kappa shape index (κ2) is 8.59. The molecule has 0 aliphatic carbocycles. The fourth-order valence-electron chi connectivity index (χ4n) is 4.34. The minimum atomic E-state index is -0.234. The molecule has 0 radical (unpaired) electrons. The molecule has 0 N–H and O–H groups in total. The number of hydrogen-bond acceptors (Lipinski definition) is 6. The number of carbonyl (C=O) groups is 2. The van der Waals surface area contributed by atoms with Gasteiger partial charge in [-0.3, -0.25) is 14.5 Å². The van der Waals surface area contributed by atoms with Crippen molar-refractivity contribution in [1.82, 2.24) is 14.7 Å². The van der Waals surface area contributed by atoms with Crippen molar-refractivity contribution in [3.8, 4) is 11.5 Å². The van der Waals surface area contributed by atoms with Crippen molar-refractivity contribution < 1.29 is 23.8 Å². The van der Waals surface area contributed by atoms with E-state index in [0.29, 0.717) is 32.7 Å². The Balaban J connectivity index is 1.27. The first-order chi connectivity index (χ1) is 14.0. The standard InChI is InChI=1S/C21H29N3O5/c1-15(13-27-2)24-12-17(10-20(24)25)21(26)23-7-5-22(6-8-23)11-16-3-4-18-19(9-16)29-14-28-18/h3-4,9,15,17H,5-8,10-14H2,1-2H3/t15-,17-/m0/s1. The summed E-state index contributed by atoms with van der Waals surface area (Å²) in [5.41, 5.74) is 1.18. The molecule has 0 saturated carbocycles. The molecular formula is C21H29N3O5. The van der Waals surface area contributed by atoms with E-state index >= 15 is 0 Å². The maximum absolute atomic E-state index is 12.9. The van der Waals surface area contributed by atoms with Gasteiger partial charge in [0, 0.05) is 52.8 Å². The summed E-state index contributed by atoms with van der Waals surface area (Å²) in [5.74, 6) is 1.52. The molecule has 2 fully saturated rings. The molecule has 1 aromatic rings. The van der Waals surface area contributed by atoms with Crippen molar-refractivity contribution in [3.63, 3.8) is 0 Å². The first-order valence-electron chi connectivity index (χ1n) is 10.2. The second-order valence-corrected chi connectivity index (χ2v) is 8.04. The summed E-state index contributed by atoms with van der Waals surface area (Å²) in [6.45, 7) is 7.10. The van der Waals surface area contributed by atoms with Crippen LogP contribution in [0.15, 0.2) is 18.2 Å². The number of hydrogen-bond donors (Lipinski definition) is 0. The number of ether oxygens (including phenoxy) is 3. The zero-order valence-electron chi connectivity index (χ0n) is 17.1. The van der Waals surface area contributed by atoms with Gasteiger partial charge in [0.2, 0.25) is 18.6 Å². The Morgan fingerprint density at radius 2 is 1.97 bits per heavy atom. The topological polar surface area (TPSA) is 71.6 Å². The Morgan fingerprint density at radius 1 is 1.21 bits per heavy atom. The van der Waals surface area contributed by atoms with Crippen LogP contribution in [0.3, 0.4) is 0 Å². The molecule has 4 rings (SSSR count). The molecule has 29 heavy (non-hydrogen) atoms. The maximum Gasteiger partial charge on any atom is 0.231 e. The van der Waals surface area contributed by atoms with Crippen LogP contribution in [-0.2, 0) is 20.9 Å². The minimum Gasteiger partial charge on any atom is -0.454 e. The molecule has 0 aromatic heterocycles. The zero-order valence-corrected chi connectivity index (χ0v) is 17.1. The summed E-state index contributed by atoms with van der Waals surface area (Å²) in [4.78, 5) is 31.3. The molecule has 8 nitrogen and oxygen atoms in total. The van der Waals surface area contributed by atoms with Gasteiger partial charge in [0.05, 0.1) is 18.6 Å². The van der Waals surface area contributed by atoms with Gasteiger partial charge in [-0.05, 0) is 24.6 Å². The molecule has 0 spiro atoms. The van der Waals surface area contributed by atoms with E-state index in [-0.39, 0.29) is 30.6 Å². The van der Waals surface area contributed by atoms with Gasteiger partial charge in [-0.15, -0.1) is 0 Å². The van der Waals surface area contributed by atoms with Crippen LogP contribution in [0.2, 0.25) is 0 Å². The average Bonchev–Trinajstić information content (AvgIpc) is 3.34. The van der Waals surface area contributed by atoms with Gasteiger partial charge in [-0.2, -0.15) is 0 Å². The summed E-state index contributed by atoms with van der Waals surface area (Å²) in [5, 5.41) is 0. The largest absolute Gasteiger partial charge is 0.454 e. The molecule has 158 valence electrons. The predicted octanol–water partition coefficient (Wildman–Crippen LogP) is 0.943. The highest BCUT2D eigenvalue weighted by Gasteiger charge is 2.39. The van der Waals surface area contributed by atoms with Crippen LogP contribution >= 0.6 is 0 Å². The number of piperazine rings is 1. The quantitative estimate of drug-likeness (QED) is 0.704. The van der Waals surface area contributed by atoms with E-state index in [4.69, 9.17) is 14.2 Å². The van der Waals surface area contributed by atoms with Gasteiger partial charge >= 0.3 is 0 Å². The van der Waals surface area contributed by atoms with E-state index in [1.165, 1.54) is 5.56 Å². The lowest BCUT2D eigenvalue weighted by Gasteiger charge is -2.36. The zero-order chi connectivity index (χ0) is 20.4. The number of nitrogens with zero attached hydrogens (tertiary/aromatic N) is 3. The van der Waals surface area contributed by atoms with Crippen molar-refractivity contribution >= 4 is 11.8 Å². The molecule has 0 bridgehead atoms. The Morgan fingerprint density at radius 3 is 2.72 bits per heavy atom. The summed E-state index contributed by atoms with van der Waals surface area (Å²) in [6.07, 6.45) is 0.310. The summed E-state index contributed by atoms with van der Waals surface area (Å²) >= 11 is 0. The van der Waals surface area contributed by atoms with Crippen LogP contribution < -0.4 is 9.47 Å². The normalized spacial score (nSPS) is 23.0. The average molecular weight is 403 g/mol. The van der Waals surface area contributed by atoms with Crippen LogP contribution in [0.4, 0.5) is 0 Å². The molecule has 3 heterocycles. The molecular weight excluding hydrogens is 374 g/mol. The van der Waals surface area contributed by atoms with E-state index < -0.39 is 0 Å². The van der Waals surface area contributed by atoms with Crippen molar-refractivity contribution in [2.45, 2.75) is 25.9 Å². The van der Waals surface area contributed by atoms with Crippen molar-refractivity contribution in [1.29, 1.82) is 0 Å². The predicted molar refractivity (Wildman–Crippen MR) is 106 cm³/mol. The highest BCUT2D eigenvalue weighted by Crippen LogP contribution is 2.33. The maximum atomic E-state index is 12.9. The van der Waals surface area contributed by atoms with Crippen molar-refractivity contribution in [3.05, 3.63) is 23.8 Å².